The number of hydrogen-bond donors (Lipinski definition) is 4. The molecule has 5 nitrogen and oxygen atoms in total. The molecule has 4 aliphatic carbocycles. The van der Waals surface area contributed by atoms with Gasteiger partial charge < -0.3 is 11.1 Å². The number of fused-ring (bicyclic) bond motifs is 5. The predicted octanol–water partition coefficient (Wildman–Crippen LogP) is 6.05. The van der Waals surface area contributed by atoms with E-state index in [2.05, 4.69) is 69.3 Å². The molecule has 6 heteroatoms. The van der Waals surface area contributed by atoms with Crippen LogP contribution in [0, 0.1) is 46.3 Å². The van der Waals surface area contributed by atoms with E-state index in [9.17, 15) is 9.59 Å². The molecule has 4 rings (SSSR count). The molecular formula is C30H53N3O2S. The lowest BCUT2D eigenvalue weighted by molar-refractivity contribution is -0.126. The Morgan fingerprint density at radius 1 is 1.14 bits per heavy atom. The topological polar surface area (TPSA) is 84.2 Å². The van der Waals surface area contributed by atoms with Gasteiger partial charge in [0, 0.05) is 12.5 Å². The second-order valence-electron chi connectivity index (χ2n) is 12.8. The third kappa shape index (κ3) is 6.00. The Kier molecular flexibility index (Phi) is 10.4. The minimum absolute atomic E-state index is 0.128. The van der Waals surface area contributed by atoms with E-state index in [0.717, 1.165) is 61.8 Å². The monoisotopic (exact) mass is 519 g/mol. The first-order chi connectivity index (χ1) is 17.1. The SMILES string of the molecule is CCCCNC(=O)C1CCC2(C)C(=CCC3C2CCC2(C)C(C(C)CC)CCC32)C1.NC(=O)CNS. The number of allylic oxidation sites excluding steroid dienone is 2. The van der Waals surface area contributed by atoms with Crippen molar-refractivity contribution in [1.82, 2.24) is 10.0 Å². The number of rotatable bonds is 8. The van der Waals surface area contributed by atoms with Gasteiger partial charge in [0.25, 0.3) is 0 Å². The number of carbonyl (C=O) groups is 2. The Balaban J connectivity index is 0.000000538. The molecule has 0 aromatic carbocycles. The summed E-state index contributed by atoms with van der Waals surface area (Å²) in [4.78, 5) is 22.4. The summed E-state index contributed by atoms with van der Waals surface area (Å²) < 4.78 is 2.29. The minimum atomic E-state index is -0.398. The largest absolute Gasteiger partial charge is 0.369 e. The van der Waals surface area contributed by atoms with Crippen molar-refractivity contribution in [3.63, 3.8) is 0 Å². The van der Waals surface area contributed by atoms with Crippen molar-refractivity contribution in [3.8, 4) is 0 Å². The molecule has 0 bridgehead atoms. The summed E-state index contributed by atoms with van der Waals surface area (Å²) in [6.45, 7) is 13.3. The van der Waals surface area contributed by atoms with Crippen molar-refractivity contribution < 1.29 is 9.59 Å². The molecule has 0 saturated heterocycles. The van der Waals surface area contributed by atoms with Crippen LogP contribution in [0.2, 0.25) is 0 Å². The van der Waals surface area contributed by atoms with Crippen molar-refractivity contribution in [2.45, 2.75) is 105 Å². The Hall–Kier alpha value is -1.01. The summed E-state index contributed by atoms with van der Waals surface area (Å²) in [7, 11) is 0. The zero-order chi connectivity index (χ0) is 26.5. The molecule has 206 valence electrons. The van der Waals surface area contributed by atoms with Crippen LogP contribution in [0.4, 0.5) is 0 Å². The number of unbranched alkanes of at least 4 members (excludes halogenated alkanes) is 1. The Morgan fingerprint density at radius 2 is 1.89 bits per heavy atom. The average molecular weight is 520 g/mol. The minimum Gasteiger partial charge on any atom is -0.369 e. The molecule has 3 saturated carbocycles. The maximum atomic E-state index is 12.7. The molecule has 0 radical (unpaired) electrons. The molecular weight excluding hydrogens is 466 g/mol. The molecule has 0 heterocycles. The molecule has 36 heavy (non-hydrogen) atoms. The third-order valence-corrected chi connectivity index (χ3v) is 11.1. The standard InChI is InChI=1S/C28H47NO.C2H6N2OS/c1-6-8-17-29-26(30)20-13-15-27(4)21(18-20)9-10-22-24-12-11-23(19(3)7-2)28(24,5)16-14-25(22)27;3-2(5)1-4-6/h9,19-20,22-25H,6-8,10-18H2,1-5H3,(H,29,30);4,6H,1H2,(H2,3,5). The van der Waals surface area contributed by atoms with E-state index in [1.54, 1.807) is 5.57 Å². The number of thiol groups is 1. The van der Waals surface area contributed by atoms with E-state index in [4.69, 9.17) is 0 Å². The molecule has 3 fully saturated rings. The number of carbonyl (C=O) groups excluding carboxylic acids is 2. The van der Waals surface area contributed by atoms with Gasteiger partial charge >= 0.3 is 0 Å². The van der Waals surface area contributed by atoms with Crippen LogP contribution < -0.4 is 15.8 Å². The zero-order valence-corrected chi connectivity index (χ0v) is 24.5. The van der Waals surface area contributed by atoms with E-state index in [1.165, 1.54) is 44.9 Å². The summed E-state index contributed by atoms with van der Waals surface area (Å²) >= 11 is 3.51. The molecule has 2 amide bonds. The van der Waals surface area contributed by atoms with Crippen molar-refractivity contribution in [2.75, 3.05) is 13.1 Å². The van der Waals surface area contributed by atoms with Crippen LogP contribution in [0.15, 0.2) is 11.6 Å². The molecule has 8 atom stereocenters. The van der Waals surface area contributed by atoms with Gasteiger partial charge in [-0.1, -0.05) is 71.9 Å². The number of hydrogen-bond acceptors (Lipinski definition) is 4. The molecule has 0 aromatic rings. The second kappa shape index (κ2) is 12.7. The summed E-state index contributed by atoms with van der Waals surface area (Å²) in [6.07, 6.45) is 16.6. The lowest BCUT2D eigenvalue weighted by Crippen LogP contribution is -2.51. The Labute approximate surface area is 226 Å². The van der Waals surface area contributed by atoms with E-state index in [1.807, 2.05) is 0 Å². The number of primary amides is 1. The lowest BCUT2D eigenvalue weighted by atomic mass is 9.46. The quantitative estimate of drug-likeness (QED) is 0.179. The van der Waals surface area contributed by atoms with Gasteiger partial charge in [-0.25, -0.2) is 0 Å². The fraction of sp³-hybridized carbons (Fsp3) is 0.867. The molecule has 4 aliphatic rings. The van der Waals surface area contributed by atoms with Crippen LogP contribution in [0.1, 0.15) is 105 Å². The van der Waals surface area contributed by atoms with Crippen molar-refractivity contribution in [3.05, 3.63) is 11.6 Å². The Morgan fingerprint density at radius 3 is 2.50 bits per heavy atom. The van der Waals surface area contributed by atoms with E-state index in [-0.39, 0.29) is 12.5 Å². The Bertz CT molecular complexity index is 801. The van der Waals surface area contributed by atoms with Crippen LogP contribution in [0.3, 0.4) is 0 Å². The van der Waals surface area contributed by atoms with Crippen LogP contribution in [-0.2, 0) is 9.59 Å². The van der Waals surface area contributed by atoms with Crippen molar-refractivity contribution >= 4 is 24.6 Å². The van der Waals surface area contributed by atoms with E-state index in [0.29, 0.717) is 16.7 Å². The summed E-state index contributed by atoms with van der Waals surface area (Å²) in [5.74, 6) is 4.63. The molecule has 0 aromatic heterocycles. The highest BCUT2D eigenvalue weighted by atomic mass is 32.1. The summed E-state index contributed by atoms with van der Waals surface area (Å²) in [5, 5.41) is 3.21. The van der Waals surface area contributed by atoms with Gasteiger partial charge in [0.05, 0.1) is 6.54 Å². The third-order valence-electron chi connectivity index (χ3n) is 11.0. The van der Waals surface area contributed by atoms with Gasteiger partial charge in [-0.15, -0.1) is 0 Å². The first kappa shape index (κ1) is 29.5. The predicted molar refractivity (Wildman–Crippen MR) is 152 cm³/mol. The smallest absolute Gasteiger partial charge is 0.232 e. The number of nitrogens with two attached hydrogens (primary N) is 1. The molecule has 4 N–H and O–H groups in total. The number of amides is 2. The van der Waals surface area contributed by atoms with Crippen molar-refractivity contribution in [1.29, 1.82) is 0 Å². The van der Waals surface area contributed by atoms with Crippen LogP contribution in [0.5, 0.6) is 0 Å². The first-order valence-corrected chi connectivity index (χ1v) is 15.2. The van der Waals surface area contributed by atoms with Gasteiger partial charge in [0.1, 0.15) is 0 Å². The normalized spacial score (nSPS) is 37.8. The van der Waals surface area contributed by atoms with Crippen LogP contribution in [-0.4, -0.2) is 24.9 Å². The highest BCUT2D eigenvalue weighted by Crippen LogP contribution is 2.67. The van der Waals surface area contributed by atoms with Gasteiger partial charge in [-0.05, 0) is 98.2 Å². The number of nitrogens with one attached hydrogen (secondary N) is 2. The fourth-order valence-electron chi connectivity index (χ4n) is 8.76. The lowest BCUT2D eigenvalue weighted by Gasteiger charge is -2.58. The summed E-state index contributed by atoms with van der Waals surface area (Å²) in [6, 6.07) is 0. The maximum absolute atomic E-state index is 12.7. The van der Waals surface area contributed by atoms with Crippen molar-refractivity contribution in [2.24, 2.45) is 52.1 Å². The van der Waals surface area contributed by atoms with Crippen LogP contribution in [0.25, 0.3) is 0 Å². The second-order valence-corrected chi connectivity index (χ2v) is 13.1. The molecule has 0 aliphatic heterocycles. The molecule has 8 unspecified atom stereocenters. The highest BCUT2D eigenvalue weighted by Gasteiger charge is 2.59. The van der Waals surface area contributed by atoms with E-state index < -0.39 is 5.91 Å². The maximum Gasteiger partial charge on any atom is 0.232 e. The van der Waals surface area contributed by atoms with Gasteiger partial charge in [-0.2, -0.15) is 0 Å². The van der Waals surface area contributed by atoms with Gasteiger partial charge in [0.15, 0.2) is 0 Å². The molecule has 0 spiro atoms. The first-order valence-electron chi connectivity index (χ1n) is 14.7. The fourth-order valence-corrected chi connectivity index (χ4v) is 8.91. The highest BCUT2D eigenvalue weighted by molar-refractivity contribution is 7.78. The van der Waals surface area contributed by atoms with Gasteiger partial charge in [-0.3, -0.25) is 14.3 Å². The van der Waals surface area contributed by atoms with E-state index >= 15 is 0 Å². The zero-order valence-electron chi connectivity index (χ0n) is 23.6. The summed E-state index contributed by atoms with van der Waals surface area (Å²) in [5.41, 5.74) is 7.23. The van der Waals surface area contributed by atoms with Gasteiger partial charge in [0.2, 0.25) is 11.8 Å². The average Bonchev–Trinajstić information content (AvgIpc) is 3.20. The van der Waals surface area contributed by atoms with Crippen LogP contribution >= 0.6 is 12.8 Å².